The summed E-state index contributed by atoms with van der Waals surface area (Å²) in [5.41, 5.74) is -1.97. The van der Waals surface area contributed by atoms with Gasteiger partial charge >= 0.3 is 6.18 Å². The van der Waals surface area contributed by atoms with E-state index in [9.17, 15) is 21.6 Å². The molecule has 1 aliphatic rings. The van der Waals surface area contributed by atoms with E-state index in [4.69, 9.17) is 32.7 Å². The molecular formula is C23H19BrCl2F3N3O4S. The normalized spacial score (nSPS) is 18.0. The number of alkyl halides is 3. The number of benzene rings is 2. The van der Waals surface area contributed by atoms with Gasteiger partial charge in [0.2, 0.25) is 5.88 Å². The molecule has 1 aromatic heterocycles. The lowest BCUT2D eigenvalue weighted by molar-refractivity contribution is -0.139. The molecule has 37 heavy (non-hydrogen) atoms. The highest BCUT2D eigenvalue weighted by Gasteiger charge is 2.38. The summed E-state index contributed by atoms with van der Waals surface area (Å²) >= 11 is 15.1. The number of hydrogen-bond donors (Lipinski definition) is 2. The number of halogens is 6. The van der Waals surface area contributed by atoms with Crippen molar-refractivity contribution in [2.24, 2.45) is 0 Å². The highest BCUT2D eigenvalue weighted by atomic mass is 79.9. The molecule has 0 radical (unpaired) electrons. The average molecular weight is 641 g/mol. The number of nitrogens with one attached hydrogen (secondary N) is 2. The monoisotopic (exact) mass is 639 g/mol. The van der Waals surface area contributed by atoms with Crippen LogP contribution in [0.1, 0.15) is 18.9 Å². The van der Waals surface area contributed by atoms with Crippen molar-refractivity contribution in [3.05, 3.63) is 68.7 Å². The molecule has 1 aliphatic heterocycles. The van der Waals surface area contributed by atoms with Crippen LogP contribution in [0.2, 0.25) is 10.0 Å². The Balaban J connectivity index is 1.58. The van der Waals surface area contributed by atoms with Gasteiger partial charge in [-0.25, -0.2) is 13.4 Å². The minimum absolute atomic E-state index is 0.0565. The van der Waals surface area contributed by atoms with Gasteiger partial charge in [-0.05, 0) is 59.7 Å². The zero-order valence-electron chi connectivity index (χ0n) is 19.0. The molecule has 2 aromatic carbocycles. The van der Waals surface area contributed by atoms with Crippen LogP contribution in [0.3, 0.4) is 0 Å². The second-order valence-electron chi connectivity index (χ2n) is 8.43. The predicted molar refractivity (Wildman–Crippen MR) is 137 cm³/mol. The number of rotatable bonds is 7. The van der Waals surface area contributed by atoms with E-state index >= 15 is 0 Å². The Hall–Kier alpha value is -2.25. The Morgan fingerprint density at radius 1 is 1.14 bits per heavy atom. The lowest BCUT2D eigenvalue weighted by Crippen LogP contribution is -2.35. The SMILES string of the molecule is C[C@@]1(Oc2cc(NS(=O)(=O)c3cnc(Oc4ccc(Cl)c(Cl)c4)c(Br)c3)ccc2C(F)(F)F)CCNC1. The van der Waals surface area contributed by atoms with Gasteiger partial charge in [-0.1, -0.05) is 23.2 Å². The molecule has 4 rings (SSSR count). The number of anilines is 1. The topological polar surface area (TPSA) is 89.5 Å². The number of ether oxygens (including phenoxy) is 2. The van der Waals surface area contributed by atoms with Crippen molar-refractivity contribution in [1.82, 2.24) is 10.3 Å². The predicted octanol–water partition coefficient (Wildman–Crippen LogP) is 6.89. The van der Waals surface area contributed by atoms with Gasteiger partial charge in [0, 0.05) is 25.1 Å². The van der Waals surface area contributed by atoms with Crippen LogP contribution in [0.4, 0.5) is 18.9 Å². The van der Waals surface area contributed by atoms with Crippen molar-refractivity contribution in [3.8, 4) is 17.4 Å². The summed E-state index contributed by atoms with van der Waals surface area (Å²) in [5.74, 6) is -0.0932. The van der Waals surface area contributed by atoms with Crippen LogP contribution in [-0.4, -0.2) is 32.1 Å². The minimum atomic E-state index is -4.69. The summed E-state index contributed by atoms with van der Waals surface area (Å²) in [5, 5.41) is 3.64. The molecule has 1 fully saturated rings. The zero-order valence-corrected chi connectivity index (χ0v) is 22.9. The van der Waals surface area contributed by atoms with E-state index in [1.807, 2.05) is 0 Å². The maximum Gasteiger partial charge on any atom is 0.419 e. The zero-order chi connectivity index (χ0) is 27.0. The van der Waals surface area contributed by atoms with Crippen LogP contribution in [0, 0.1) is 0 Å². The third-order valence-electron chi connectivity index (χ3n) is 5.42. The molecule has 0 aliphatic carbocycles. The van der Waals surface area contributed by atoms with Gasteiger partial charge in [0.1, 0.15) is 22.0 Å². The molecule has 2 heterocycles. The maximum atomic E-state index is 13.6. The van der Waals surface area contributed by atoms with E-state index in [0.717, 1.165) is 24.4 Å². The smallest absolute Gasteiger partial charge is 0.419 e. The summed E-state index contributed by atoms with van der Waals surface area (Å²) < 4.78 is 80.6. The van der Waals surface area contributed by atoms with Gasteiger partial charge < -0.3 is 14.8 Å². The summed E-state index contributed by atoms with van der Waals surface area (Å²) in [6.45, 7) is 2.64. The molecule has 198 valence electrons. The third kappa shape index (κ3) is 6.61. The first-order chi connectivity index (χ1) is 17.3. The molecule has 2 N–H and O–H groups in total. The van der Waals surface area contributed by atoms with Crippen molar-refractivity contribution < 1.29 is 31.1 Å². The van der Waals surface area contributed by atoms with Gasteiger partial charge in [-0.2, -0.15) is 13.2 Å². The summed E-state index contributed by atoms with van der Waals surface area (Å²) in [7, 11) is -4.23. The quantitative estimate of drug-likeness (QED) is 0.292. The first kappa shape index (κ1) is 27.8. The number of nitrogens with zero attached hydrogens (tertiary/aromatic N) is 1. The molecule has 0 bridgehead atoms. The largest absolute Gasteiger partial charge is 0.485 e. The van der Waals surface area contributed by atoms with Gasteiger partial charge in [0.05, 0.1) is 32.0 Å². The Morgan fingerprint density at radius 3 is 2.51 bits per heavy atom. The molecule has 0 amide bonds. The second-order valence-corrected chi connectivity index (χ2v) is 11.8. The van der Waals surface area contributed by atoms with Crippen LogP contribution in [0.15, 0.2) is 58.0 Å². The molecule has 0 saturated carbocycles. The van der Waals surface area contributed by atoms with E-state index in [1.54, 1.807) is 13.0 Å². The van der Waals surface area contributed by atoms with Crippen molar-refractivity contribution in [2.75, 3.05) is 17.8 Å². The Bertz CT molecular complexity index is 1440. The highest BCUT2D eigenvalue weighted by Crippen LogP contribution is 2.40. The fourth-order valence-electron chi connectivity index (χ4n) is 3.55. The first-order valence-corrected chi connectivity index (χ1v) is 13.7. The standard InChI is InChI=1S/C23H19BrCl2F3N3O4S/c1-22(6-7-30-12-22)36-20-8-13(2-4-16(20)23(27,28)29)32-37(33,34)15-10-17(24)21(31-11-15)35-14-3-5-18(25)19(26)9-14/h2-5,8-11,30,32H,6-7,12H2,1H3/t22-/m1/s1. The summed E-state index contributed by atoms with van der Waals surface area (Å²) in [6, 6.07) is 8.62. The van der Waals surface area contributed by atoms with Gasteiger partial charge in [-0.3, -0.25) is 4.72 Å². The molecule has 1 saturated heterocycles. The number of sulfonamides is 1. The van der Waals surface area contributed by atoms with Crippen molar-refractivity contribution >= 4 is 54.8 Å². The maximum absolute atomic E-state index is 13.6. The minimum Gasteiger partial charge on any atom is -0.485 e. The van der Waals surface area contributed by atoms with Crippen molar-refractivity contribution in [2.45, 2.75) is 30.0 Å². The van der Waals surface area contributed by atoms with Gasteiger partial charge in [-0.15, -0.1) is 0 Å². The summed E-state index contributed by atoms with van der Waals surface area (Å²) in [6.07, 6.45) is -3.14. The molecule has 7 nitrogen and oxygen atoms in total. The first-order valence-electron chi connectivity index (χ1n) is 10.7. The van der Waals surface area contributed by atoms with Gasteiger partial charge in [0.25, 0.3) is 10.0 Å². The van der Waals surface area contributed by atoms with Crippen LogP contribution >= 0.6 is 39.1 Å². The Kier molecular flexibility index (Phi) is 7.87. The lowest BCUT2D eigenvalue weighted by atomic mass is 10.1. The molecule has 0 spiro atoms. The van der Waals surface area contributed by atoms with E-state index in [0.29, 0.717) is 30.3 Å². The highest BCUT2D eigenvalue weighted by molar-refractivity contribution is 9.10. The van der Waals surface area contributed by atoms with E-state index in [-0.39, 0.29) is 26.0 Å². The van der Waals surface area contributed by atoms with E-state index < -0.39 is 33.1 Å². The van der Waals surface area contributed by atoms with E-state index in [2.05, 4.69) is 31.0 Å². The van der Waals surface area contributed by atoms with Crippen LogP contribution < -0.4 is 19.5 Å². The van der Waals surface area contributed by atoms with Crippen molar-refractivity contribution in [1.29, 1.82) is 0 Å². The van der Waals surface area contributed by atoms with Gasteiger partial charge in [0.15, 0.2) is 0 Å². The fraction of sp³-hybridized carbons (Fsp3) is 0.261. The lowest BCUT2D eigenvalue weighted by Gasteiger charge is -2.27. The molecule has 0 unspecified atom stereocenters. The van der Waals surface area contributed by atoms with Crippen molar-refractivity contribution in [3.63, 3.8) is 0 Å². The fourth-order valence-corrected chi connectivity index (χ4v) is 5.44. The molecule has 1 atom stereocenters. The molecule has 14 heteroatoms. The summed E-state index contributed by atoms with van der Waals surface area (Å²) in [4.78, 5) is 3.78. The second kappa shape index (κ2) is 10.5. The average Bonchev–Trinajstić information content (AvgIpc) is 3.22. The Morgan fingerprint density at radius 2 is 1.89 bits per heavy atom. The number of pyridine rings is 1. The number of aromatic nitrogens is 1. The molecular weight excluding hydrogens is 622 g/mol. The molecule has 3 aromatic rings. The number of hydrogen-bond acceptors (Lipinski definition) is 6. The van der Waals surface area contributed by atoms with E-state index in [1.165, 1.54) is 18.2 Å². The van der Waals surface area contributed by atoms with Crippen LogP contribution in [-0.2, 0) is 16.2 Å². The third-order valence-corrected chi connectivity index (χ3v) is 8.08. The Labute approximate surface area is 229 Å². The van der Waals surface area contributed by atoms with Crippen LogP contribution in [0.5, 0.6) is 17.4 Å². The van der Waals surface area contributed by atoms with Crippen LogP contribution in [0.25, 0.3) is 0 Å².